The van der Waals surface area contributed by atoms with Gasteiger partial charge in [-0.3, -0.25) is 0 Å². The molecule has 0 saturated carbocycles. The molecule has 0 aromatic heterocycles. The average Bonchev–Trinajstić information content (AvgIpc) is 3.10. The number of hydrogen-bond donors (Lipinski definition) is 3. The number of aliphatic hydroxyl groups is 1. The topological polar surface area (TPSA) is 94.2 Å². The van der Waals surface area contributed by atoms with Gasteiger partial charge in [0.1, 0.15) is 7.85 Å². The molecule has 194 valence electrons. The molecule has 0 bridgehead atoms. The number of ether oxygens (including phenoxy) is 1. The van der Waals surface area contributed by atoms with Crippen molar-refractivity contribution in [2.45, 2.75) is 140 Å². The fraction of sp³-hybridized carbons (Fsp3) is 1.00. The van der Waals surface area contributed by atoms with Crippen molar-refractivity contribution in [2.75, 3.05) is 13.2 Å². The first-order valence-electron chi connectivity index (χ1n) is 13.3. The van der Waals surface area contributed by atoms with Gasteiger partial charge < -0.3 is 29.5 Å². The van der Waals surface area contributed by atoms with E-state index >= 15 is 0 Å². The van der Waals surface area contributed by atoms with E-state index in [1.165, 1.54) is 64.2 Å². The number of unbranched alkanes of at least 4 members (excludes halogenated alkanes) is 12. The van der Waals surface area contributed by atoms with E-state index < -0.39 is 6.72 Å². The summed E-state index contributed by atoms with van der Waals surface area (Å²) < 4.78 is 16.2. The van der Waals surface area contributed by atoms with Crippen molar-refractivity contribution in [1.82, 2.24) is 0 Å². The lowest BCUT2D eigenvalue weighted by Gasteiger charge is -2.20. The second-order valence-corrected chi connectivity index (χ2v) is 12.4. The Kier molecular flexibility index (Phi) is 18.7. The first-order chi connectivity index (χ1) is 15.8. The molecular formula is C24H49BNO5PS. The van der Waals surface area contributed by atoms with E-state index in [2.05, 4.69) is 6.92 Å². The van der Waals surface area contributed by atoms with Crippen LogP contribution in [0.15, 0.2) is 0 Å². The summed E-state index contributed by atoms with van der Waals surface area (Å²) in [5.41, 5.74) is 5.91. The summed E-state index contributed by atoms with van der Waals surface area (Å²) in [6.45, 7) is -0.497. The van der Waals surface area contributed by atoms with Crippen LogP contribution in [-0.4, -0.2) is 55.3 Å². The Morgan fingerprint density at radius 3 is 1.97 bits per heavy atom. The third-order valence-electron chi connectivity index (χ3n) is 6.31. The van der Waals surface area contributed by atoms with Gasteiger partial charge in [-0.15, -0.1) is 0 Å². The molecule has 5 atom stereocenters. The summed E-state index contributed by atoms with van der Waals surface area (Å²) in [7, 11) is 5.69. The molecule has 1 heterocycles. The van der Waals surface area contributed by atoms with Crippen LogP contribution in [0.25, 0.3) is 0 Å². The molecule has 0 aromatic rings. The smallest absolute Gasteiger partial charge is 0.324 e. The van der Waals surface area contributed by atoms with E-state index in [1.807, 2.05) is 0 Å². The largest absolute Gasteiger partial charge is 0.393 e. The lowest BCUT2D eigenvalue weighted by Crippen LogP contribution is -2.33. The standard InChI is InChI=1S/C24H49BNO5PS/c1-2-3-4-10-13-16-21(27)17-14-11-8-6-5-7-9-12-15-18-29-32(28,33)30-20-23-22(26)19-24(25)31-23/h21-24,27H,2-20,26H2,1H3,(H,28,33)/t21?,22?,23-,24-,32?/m1/s1. The molecular weight excluding hydrogens is 456 g/mol. The number of aliphatic hydroxyl groups excluding tert-OH is 1. The minimum atomic E-state index is -3.25. The van der Waals surface area contributed by atoms with Crippen molar-refractivity contribution in [3.8, 4) is 0 Å². The van der Waals surface area contributed by atoms with Crippen molar-refractivity contribution >= 4 is 26.4 Å². The van der Waals surface area contributed by atoms with Gasteiger partial charge in [-0.05, 0) is 37.5 Å². The Hall–Kier alpha value is 0.475. The molecule has 0 aliphatic carbocycles. The van der Waals surface area contributed by atoms with Crippen LogP contribution in [0.5, 0.6) is 0 Å². The highest BCUT2D eigenvalue weighted by molar-refractivity contribution is 8.07. The zero-order chi connectivity index (χ0) is 24.4. The molecule has 3 unspecified atom stereocenters. The lowest BCUT2D eigenvalue weighted by atomic mass is 9.95. The average molecular weight is 506 g/mol. The minimum Gasteiger partial charge on any atom is -0.393 e. The maximum atomic E-state index is 10.1. The van der Waals surface area contributed by atoms with Crippen LogP contribution in [0.1, 0.15) is 116 Å². The zero-order valence-electron chi connectivity index (χ0n) is 20.9. The normalized spacial score (nSPS) is 23.6. The maximum absolute atomic E-state index is 10.1. The first kappa shape index (κ1) is 31.5. The second kappa shape index (κ2) is 19.6. The SMILES string of the molecule is [B][C@H]1CC(N)[C@@H](COP(O)(=S)OCCCCCCCCCCCC(O)CCCCCCC)O1. The van der Waals surface area contributed by atoms with E-state index in [0.717, 1.165) is 38.5 Å². The molecule has 1 rings (SSSR count). The van der Waals surface area contributed by atoms with Gasteiger partial charge in [0, 0.05) is 12.0 Å². The molecule has 0 aromatic carbocycles. The quantitative estimate of drug-likeness (QED) is 0.102. The van der Waals surface area contributed by atoms with E-state index in [1.54, 1.807) is 0 Å². The number of rotatable bonds is 22. The van der Waals surface area contributed by atoms with Crippen LogP contribution in [0.3, 0.4) is 0 Å². The minimum absolute atomic E-state index is 0.0959. The van der Waals surface area contributed by atoms with Gasteiger partial charge in [-0.1, -0.05) is 90.4 Å². The van der Waals surface area contributed by atoms with Crippen LogP contribution in [0, 0.1) is 0 Å². The Labute approximate surface area is 209 Å². The Bertz CT molecular complexity index is 519. The molecule has 33 heavy (non-hydrogen) atoms. The second-order valence-electron chi connectivity index (χ2n) is 9.54. The van der Waals surface area contributed by atoms with Gasteiger partial charge in [-0.25, -0.2) is 0 Å². The predicted octanol–water partition coefficient (Wildman–Crippen LogP) is 5.47. The molecule has 2 radical (unpaired) electrons. The molecule has 1 saturated heterocycles. The fourth-order valence-corrected chi connectivity index (χ4v) is 5.37. The Balaban J connectivity index is 1.85. The van der Waals surface area contributed by atoms with E-state index in [-0.39, 0.29) is 30.9 Å². The summed E-state index contributed by atoms with van der Waals surface area (Å²) in [6, 6.07) is -0.583. The summed E-state index contributed by atoms with van der Waals surface area (Å²) >= 11 is 5.05. The monoisotopic (exact) mass is 505 g/mol. The van der Waals surface area contributed by atoms with Crippen LogP contribution >= 0.6 is 6.72 Å². The summed E-state index contributed by atoms with van der Waals surface area (Å²) in [4.78, 5) is 10.1. The van der Waals surface area contributed by atoms with Crippen LogP contribution < -0.4 is 5.73 Å². The highest BCUT2D eigenvalue weighted by atomic mass is 32.5. The van der Waals surface area contributed by atoms with Crippen LogP contribution in [0.4, 0.5) is 0 Å². The van der Waals surface area contributed by atoms with Crippen molar-refractivity contribution < 1.29 is 23.8 Å². The van der Waals surface area contributed by atoms with Gasteiger partial charge >= 0.3 is 6.72 Å². The zero-order valence-corrected chi connectivity index (χ0v) is 22.6. The van der Waals surface area contributed by atoms with Crippen molar-refractivity contribution in [3.63, 3.8) is 0 Å². The summed E-state index contributed by atoms with van der Waals surface area (Å²) in [5.74, 6) is 0. The third kappa shape index (κ3) is 17.5. The molecule has 4 N–H and O–H groups in total. The Morgan fingerprint density at radius 1 is 0.939 bits per heavy atom. The number of nitrogens with two attached hydrogens (primary N) is 1. The first-order valence-corrected chi connectivity index (χ1v) is 15.9. The number of hydrogen-bond acceptors (Lipinski definition) is 6. The molecule has 1 aliphatic rings. The van der Waals surface area contributed by atoms with Gasteiger partial charge in [-0.2, -0.15) is 0 Å². The van der Waals surface area contributed by atoms with Crippen molar-refractivity contribution in [1.29, 1.82) is 0 Å². The Morgan fingerprint density at radius 2 is 1.45 bits per heavy atom. The predicted molar refractivity (Wildman–Crippen MR) is 141 cm³/mol. The molecule has 1 fully saturated rings. The van der Waals surface area contributed by atoms with Gasteiger partial charge in [0.05, 0.1) is 25.4 Å². The molecule has 6 nitrogen and oxygen atoms in total. The molecule has 9 heteroatoms. The lowest BCUT2D eigenvalue weighted by molar-refractivity contribution is 0.0382. The highest BCUT2D eigenvalue weighted by Crippen LogP contribution is 2.44. The summed E-state index contributed by atoms with van der Waals surface area (Å²) in [5, 5.41) is 10.0. The fourth-order valence-electron chi connectivity index (χ4n) is 4.20. The highest BCUT2D eigenvalue weighted by Gasteiger charge is 2.31. The van der Waals surface area contributed by atoms with Crippen LogP contribution in [0.2, 0.25) is 0 Å². The van der Waals surface area contributed by atoms with Crippen molar-refractivity contribution in [3.05, 3.63) is 0 Å². The van der Waals surface area contributed by atoms with Gasteiger partial charge in [0.15, 0.2) is 0 Å². The molecule has 0 spiro atoms. The third-order valence-corrected chi connectivity index (χ3v) is 7.93. The van der Waals surface area contributed by atoms with Crippen molar-refractivity contribution in [2.24, 2.45) is 5.73 Å². The van der Waals surface area contributed by atoms with Gasteiger partial charge in [0.25, 0.3) is 0 Å². The maximum Gasteiger partial charge on any atom is 0.324 e. The molecule has 1 aliphatic heterocycles. The van der Waals surface area contributed by atoms with E-state index in [9.17, 15) is 10.00 Å². The van der Waals surface area contributed by atoms with Gasteiger partial charge in [0.2, 0.25) is 0 Å². The molecule has 0 amide bonds. The van der Waals surface area contributed by atoms with E-state index in [0.29, 0.717) is 13.0 Å². The van der Waals surface area contributed by atoms with Crippen LogP contribution in [-0.2, 0) is 25.6 Å². The summed E-state index contributed by atoms with van der Waals surface area (Å²) in [6.07, 6.45) is 18.9. The van der Waals surface area contributed by atoms with E-state index in [4.69, 9.17) is 39.2 Å².